The first kappa shape index (κ1) is 10.9. The summed E-state index contributed by atoms with van der Waals surface area (Å²) in [5.74, 6) is 0.0439. The predicted molar refractivity (Wildman–Crippen MR) is 51.9 cm³/mol. The van der Waals surface area contributed by atoms with E-state index in [-0.39, 0.29) is 18.2 Å². The molecule has 12 heavy (non-hydrogen) atoms. The van der Waals surface area contributed by atoms with E-state index < -0.39 is 0 Å². The van der Waals surface area contributed by atoms with Gasteiger partial charge in [-0.15, -0.1) is 12.4 Å². The molecular formula is C8H12ClN3. The van der Waals surface area contributed by atoms with Gasteiger partial charge in [0.25, 0.3) is 0 Å². The molecule has 1 aromatic rings. The minimum absolute atomic E-state index is 0. The number of pyridine rings is 1. The van der Waals surface area contributed by atoms with E-state index in [4.69, 9.17) is 11.1 Å². The van der Waals surface area contributed by atoms with Crippen LogP contribution in [0.1, 0.15) is 18.2 Å². The molecule has 0 bridgehead atoms. The van der Waals surface area contributed by atoms with Crippen LogP contribution in [0.25, 0.3) is 0 Å². The Morgan fingerprint density at radius 1 is 1.67 bits per heavy atom. The van der Waals surface area contributed by atoms with Gasteiger partial charge in [-0.25, -0.2) is 0 Å². The Bertz CT molecular complexity index is 273. The van der Waals surface area contributed by atoms with Gasteiger partial charge in [0.15, 0.2) is 0 Å². The summed E-state index contributed by atoms with van der Waals surface area (Å²) in [6, 6.07) is 3.79. The number of rotatable bonds is 2. The number of nitrogen functional groups attached to an aromatic ring is 1. The summed E-state index contributed by atoms with van der Waals surface area (Å²) < 4.78 is 0. The standard InChI is InChI=1S/C8H11N3.ClH/c1-2-6-4-3-5-11-7(6)8(9)10;/h3-5H,2H2,1H3,(H3,9,10);1H. The minimum Gasteiger partial charge on any atom is -0.382 e. The molecule has 66 valence electrons. The number of aryl methyl sites for hydroxylation is 1. The molecule has 1 rings (SSSR count). The van der Waals surface area contributed by atoms with Crippen LogP contribution in [0, 0.1) is 5.41 Å². The van der Waals surface area contributed by atoms with Crippen LogP contribution in [0.15, 0.2) is 18.3 Å². The van der Waals surface area contributed by atoms with Gasteiger partial charge >= 0.3 is 0 Å². The quantitative estimate of drug-likeness (QED) is 0.540. The highest BCUT2D eigenvalue weighted by atomic mass is 35.5. The van der Waals surface area contributed by atoms with Crippen LogP contribution >= 0.6 is 12.4 Å². The highest BCUT2D eigenvalue weighted by molar-refractivity contribution is 5.94. The number of hydrogen-bond acceptors (Lipinski definition) is 2. The van der Waals surface area contributed by atoms with E-state index in [9.17, 15) is 0 Å². The van der Waals surface area contributed by atoms with Crippen molar-refractivity contribution in [2.75, 3.05) is 0 Å². The highest BCUT2D eigenvalue weighted by Crippen LogP contribution is 2.04. The molecule has 0 aliphatic heterocycles. The van der Waals surface area contributed by atoms with Gasteiger partial charge < -0.3 is 5.73 Å². The second-order valence-electron chi connectivity index (χ2n) is 2.28. The van der Waals surface area contributed by atoms with Crippen molar-refractivity contribution in [1.82, 2.24) is 4.98 Å². The third kappa shape index (κ3) is 2.20. The molecule has 0 aliphatic rings. The molecule has 3 N–H and O–H groups in total. The molecular weight excluding hydrogens is 174 g/mol. The number of nitrogens with zero attached hydrogens (tertiary/aromatic N) is 1. The van der Waals surface area contributed by atoms with Crippen LogP contribution in [0.4, 0.5) is 0 Å². The molecule has 3 nitrogen and oxygen atoms in total. The summed E-state index contributed by atoms with van der Waals surface area (Å²) >= 11 is 0. The third-order valence-electron chi connectivity index (χ3n) is 1.53. The van der Waals surface area contributed by atoms with Crippen molar-refractivity contribution < 1.29 is 0 Å². The topological polar surface area (TPSA) is 62.8 Å². The zero-order chi connectivity index (χ0) is 8.27. The van der Waals surface area contributed by atoms with Gasteiger partial charge in [0.1, 0.15) is 11.5 Å². The smallest absolute Gasteiger partial charge is 0.142 e. The summed E-state index contributed by atoms with van der Waals surface area (Å²) in [5, 5.41) is 7.19. The van der Waals surface area contributed by atoms with Gasteiger partial charge in [-0.3, -0.25) is 10.4 Å². The van der Waals surface area contributed by atoms with Gasteiger partial charge in [-0.05, 0) is 18.1 Å². The third-order valence-corrected chi connectivity index (χ3v) is 1.53. The Kier molecular flexibility index (Phi) is 4.29. The summed E-state index contributed by atoms with van der Waals surface area (Å²) in [5.41, 5.74) is 6.95. The second-order valence-corrected chi connectivity index (χ2v) is 2.28. The minimum atomic E-state index is 0. The van der Waals surface area contributed by atoms with Gasteiger partial charge in [0.2, 0.25) is 0 Å². The maximum atomic E-state index is 7.19. The fourth-order valence-corrected chi connectivity index (χ4v) is 0.966. The molecule has 0 saturated heterocycles. The van der Waals surface area contributed by atoms with Crippen molar-refractivity contribution in [2.45, 2.75) is 13.3 Å². The molecule has 0 fully saturated rings. The summed E-state index contributed by atoms with van der Waals surface area (Å²) in [4.78, 5) is 4.00. The molecule has 0 unspecified atom stereocenters. The summed E-state index contributed by atoms with van der Waals surface area (Å²) in [6.07, 6.45) is 2.51. The maximum Gasteiger partial charge on any atom is 0.142 e. The first-order valence-corrected chi connectivity index (χ1v) is 3.54. The molecule has 1 heterocycles. The van der Waals surface area contributed by atoms with Crippen molar-refractivity contribution >= 4 is 18.2 Å². The van der Waals surface area contributed by atoms with Crippen LogP contribution in [-0.2, 0) is 6.42 Å². The molecule has 0 amide bonds. The molecule has 0 atom stereocenters. The number of halogens is 1. The van der Waals surface area contributed by atoms with E-state index in [0.717, 1.165) is 12.0 Å². The van der Waals surface area contributed by atoms with E-state index >= 15 is 0 Å². The molecule has 0 spiro atoms. The molecule has 4 heteroatoms. The van der Waals surface area contributed by atoms with E-state index in [0.29, 0.717) is 5.69 Å². The first-order valence-electron chi connectivity index (χ1n) is 3.54. The van der Waals surface area contributed by atoms with Crippen LogP contribution in [0.5, 0.6) is 0 Å². The van der Waals surface area contributed by atoms with Crippen LogP contribution in [-0.4, -0.2) is 10.8 Å². The van der Waals surface area contributed by atoms with Gasteiger partial charge in [-0.2, -0.15) is 0 Å². The van der Waals surface area contributed by atoms with Crippen molar-refractivity contribution in [2.24, 2.45) is 5.73 Å². The number of nitrogens with one attached hydrogen (secondary N) is 1. The molecule has 0 aliphatic carbocycles. The zero-order valence-electron chi connectivity index (χ0n) is 6.87. The molecule has 0 radical (unpaired) electrons. The summed E-state index contributed by atoms with van der Waals surface area (Å²) in [7, 11) is 0. The van der Waals surface area contributed by atoms with Crippen LogP contribution < -0.4 is 5.73 Å². The number of hydrogen-bond donors (Lipinski definition) is 2. The van der Waals surface area contributed by atoms with E-state index in [1.165, 1.54) is 0 Å². The average molecular weight is 186 g/mol. The van der Waals surface area contributed by atoms with Crippen molar-refractivity contribution in [1.29, 1.82) is 5.41 Å². The second kappa shape index (κ2) is 4.72. The fraction of sp³-hybridized carbons (Fsp3) is 0.250. The Morgan fingerprint density at radius 3 is 2.75 bits per heavy atom. The highest BCUT2D eigenvalue weighted by Gasteiger charge is 2.02. The lowest BCUT2D eigenvalue weighted by Crippen LogP contribution is -2.15. The van der Waals surface area contributed by atoms with Crippen LogP contribution in [0.3, 0.4) is 0 Å². The monoisotopic (exact) mass is 185 g/mol. The predicted octanol–water partition coefficient (Wildman–Crippen LogP) is 1.35. The lowest BCUT2D eigenvalue weighted by atomic mass is 10.1. The normalized spacial score (nSPS) is 8.75. The maximum absolute atomic E-state index is 7.19. The Morgan fingerprint density at radius 2 is 2.33 bits per heavy atom. The van der Waals surface area contributed by atoms with E-state index in [1.54, 1.807) is 6.20 Å². The molecule has 1 aromatic heterocycles. The van der Waals surface area contributed by atoms with E-state index in [1.807, 2.05) is 19.1 Å². The lowest BCUT2D eigenvalue weighted by Gasteiger charge is -2.02. The van der Waals surface area contributed by atoms with Gasteiger partial charge in [-0.1, -0.05) is 13.0 Å². The van der Waals surface area contributed by atoms with Crippen molar-refractivity contribution in [3.05, 3.63) is 29.6 Å². The fourth-order valence-electron chi connectivity index (χ4n) is 0.966. The van der Waals surface area contributed by atoms with Crippen LogP contribution in [0.2, 0.25) is 0 Å². The van der Waals surface area contributed by atoms with Gasteiger partial charge in [0.05, 0.1) is 0 Å². The average Bonchev–Trinajstić information content (AvgIpc) is 2.04. The van der Waals surface area contributed by atoms with Gasteiger partial charge in [0, 0.05) is 6.20 Å². The van der Waals surface area contributed by atoms with Crippen molar-refractivity contribution in [3.63, 3.8) is 0 Å². The number of aromatic nitrogens is 1. The Balaban J connectivity index is 0.00000121. The van der Waals surface area contributed by atoms with Crippen molar-refractivity contribution in [3.8, 4) is 0 Å². The van der Waals surface area contributed by atoms with E-state index in [2.05, 4.69) is 4.98 Å². The number of amidine groups is 1. The Hall–Kier alpha value is -1.09. The number of nitrogens with two attached hydrogens (primary N) is 1. The largest absolute Gasteiger partial charge is 0.382 e. The SMILES string of the molecule is CCc1cccnc1C(=N)N.Cl. The first-order chi connectivity index (χ1) is 5.25. The zero-order valence-corrected chi connectivity index (χ0v) is 7.69. The Labute approximate surface area is 77.9 Å². The molecule has 0 aromatic carbocycles. The lowest BCUT2D eigenvalue weighted by molar-refractivity contribution is 1.08. The summed E-state index contributed by atoms with van der Waals surface area (Å²) in [6.45, 7) is 2.02. The molecule has 0 saturated carbocycles.